The molecule has 1 aromatic rings. The predicted octanol–water partition coefficient (Wildman–Crippen LogP) is 1.53. The third-order valence-corrected chi connectivity index (χ3v) is 3.84. The Bertz CT molecular complexity index is 465. The average molecular weight is 292 g/mol. The van der Waals surface area contributed by atoms with Crippen LogP contribution in [0.2, 0.25) is 0 Å². The lowest BCUT2D eigenvalue weighted by Gasteiger charge is -2.16. The van der Waals surface area contributed by atoms with Gasteiger partial charge < -0.3 is 14.8 Å². The lowest BCUT2D eigenvalue weighted by molar-refractivity contribution is -0.121. The number of amides is 1. The molecule has 1 fully saturated rings. The number of nitrogens with one attached hydrogen (secondary N) is 1. The van der Waals surface area contributed by atoms with Crippen LogP contribution in [0.25, 0.3) is 0 Å². The molecule has 21 heavy (non-hydrogen) atoms. The first-order valence-electron chi connectivity index (χ1n) is 7.41. The molecule has 0 spiro atoms. The van der Waals surface area contributed by atoms with E-state index < -0.39 is 0 Å². The number of methoxy groups -OCH3 is 1. The molecule has 2 rings (SSSR count). The topological polar surface area (TPSA) is 50.8 Å². The van der Waals surface area contributed by atoms with Crippen LogP contribution >= 0.6 is 0 Å². The number of hydrogen-bond donors (Lipinski definition) is 1. The van der Waals surface area contributed by atoms with E-state index >= 15 is 0 Å². The first-order chi connectivity index (χ1) is 10.2. The van der Waals surface area contributed by atoms with E-state index in [2.05, 4.69) is 10.2 Å². The van der Waals surface area contributed by atoms with Crippen molar-refractivity contribution in [3.8, 4) is 11.5 Å². The summed E-state index contributed by atoms with van der Waals surface area (Å²) in [5, 5.41) is 2.69. The Labute approximate surface area is 126 Å². The second kappa shape index (κ2) is 7.88. The van der Waals surface area contributed by atoms with Crippen molar-refractivity contribution < 1.29 is 14.3 Å². The van der Waals surface area contributed by atoms with Crippen molar-refractivity contribution >= 4 is 5.91 Å². The molecule has 0 unspecified atom stereocenters. The Morgan fingerprint density at radius 2 is 2.24 bits per heavy atom. The standard InChI is InChI=1S/C16H24N2O3/c1-17-16(19)10-13-6-7-18(12-13)8-9-21-15-5-3-4-14(11-15)20-2/h3-5,11,13H,6-10,12H2,1-2H3,(H,17,19)/t13-/m0/s1. The first kappa shape index (κ1) is 15.6. The molecule has 1 atom stereocenters. The van der Waals surface area contributed by atoms with Crippen LogP contribution in [-0.4, -0.2) is 51.2 Å². The molecule has 0 aromatic heterocycles. The molecule has 0 saturated carbocycles. The van der Waals surface area contributed by atoms with Gasteiger partial charge in [0, 0.05) is 32.6 Å². The van der Waals surface area contributed by atoms with Crippen LogP contribution in [-0.2, 0) is 4.79 Å². The van der Waals surface area contributed by atoms with E-state index in [0.717, 1.165) is 37.6 Å². The lowest BCUT2D eigenvalue weighted by Crippen LogP contribution is -2.27. The van der Waals surface area contributed by atoms with Gasteiger partial charge in [0.25, 0.3) is 0 Å². The van der Waals surface area contributed by atoms with Gasteiger partial charge in [0.2, 0.25) is 5.91 Å². The highest BCUT2D eigenvalue weighted by Crippen LogP contribution is 2.20. The van der Waals surface area contributed by atoms with E-state index in [1.165, 1.54) is 0 Å². The van der Waals surface area contributed by atoms with E-state index in [1.54, 1.807) is 14.2 Å². The van der Waals surface area contributed by atoms with Crippen LogP contribution in [0.1, 0.15) is 12.8 Å². The van der Waals surface area contributed by atoms with Gasteiger partial charge >= 0.3 is 0 Å². The molecule has 116 valence electrons. The second-order valence-electron chi connectivity index (χ2n) is 5.36. The third-order valence-electron chi connectivity index (χ3n) is 3.84. The van der Waals surface area contributed by atoms with E-state index in [-0.39, 0.29) is 5.91 Å². The summed E-state index contributed by atoms with van der Waals surface area (Å²) in [5.74, 6) is 2.24. The Hall–Kier alpha value is -1.75. The average Bonchev–Trinajstić information content (AvgIpc) is 2.94. The normalized spacial score (nSPS) is 18.5. The maximum atomic E-state index is 11.4. The minimum absolute atomic E-state index is 0.134. The molecule has 0 radical (unpaired) electrons. The molecule has 1 aromatic carbocycles. The molecule has 1 N–H and O–H groups in total. The molecule has 5 heteroatoms. The van der Waals surface area contributed by atoms with Gasteiger partial charge in [-0.3, -0.25) is 9.69 Å². The molecule has 1 aliphatic rings. The monoisotopic (exact) mass is 292 g/mol. The van der Waals surface area contributed by atoms with Crippen LogP contribution in [0.15, 0.2) is 24.3 Å². The quantitative estimate of drug-likeness (QED) is 0.828. The number of rotatable bonds is 7. The van der Waals surface area contributed by atoms with Gasteiger partial charge in [-0.15, -0.1) is 0 Å². The number of benzene rings is 1. The van der Waals surface area contributed by atoms with E-state index in [9.17, 15) is 4.79 Å². The zero-order chi connectivity index (χ0) is 15.1. The van der Waals surface area contributed by atoms with Gasteiger partial charge in [0.05, 0.1) is 7.11 Å². The summed E-state index contributed by atoms with van der Waals surface area (Å²) >= 11 is 0. The maximum Gasteiger partial charge on any atom is 0.220 e. The molecule has 1 heterocycles. The van der Waals surface area contributed by atoms with Crippen molar-refractivity contribution in [3.63, 3.8) is 0 Å². The van der Waals surface area contributed by atoms with Crippen LogP contribution in [0.4, 0.5) is 0 Å². The van der Waals surface area contributed by atoms with Crippen molar-refractivity contribution in [1.82, 2.24) is 10.2 Å². The SMILES string of the molecule is CNC(=O)C[C@@H]1CCN(CCOc2cccc(OC)c2)C1. The molecule has 1 saturated heterocycles. The predicted molar refractivity (Wildman–Crippen MR) is 81.7 cm³/mol. The van der Waals surface area contributed by atoms with Crippen molar-refractivity contribution in [1.29, 1.82) is 0 Å². The number of carbonyl (C=O) groups is 1. The highest BCUT2D eigenvalue weighted by Gasteiger charge is 2.23. The summed E-state index contributed by atoms with van der Waals surface area (Å²) in [6.45, 7) is 3.57. The van der Waals surface area contributed by atoms with Gasteiger partial charge in [-0.1, -0.05) is 6.07 Å². The highest BCUT2D eigenvalue weighted by atomic mass is 16.5. The number of nitrogens with zero attached hydrogens (tertiary/aromatic N) is 1. The van der Waals surface area contributed by atoms with Crippen LogP contribution in [0.3, 0.4) is 0 Å². The summed E-state index contributed by atoms with van der Waals surface area (Å²) in [6.07, 6.45) is 1.72. The van der Waals surface area contributed by atoms with E-state index in [1.807, 2.05) is 24.3 Å². The van der Waals surface area contributed by atoms with Gasteiger partial charge in [-0.25, -0.2) is 0 Å². The van der Waals surface area contributed by atoms with E-state index in [4.69, 9.17) is 9.47 Å². The molecule has 0 aliphatic carbocycles. The maximum absolute atomic E-state index is 11.4. The molecule has 1 aliphatic heterocycles. The van der Waals surface area contributed by atoms with Crippen LogP contribution < -0.4 is 14.8 Å². The Morgan fingerprint density at radius 3 is 3.00 bits per heavy atom. The van der Waals surface area contributed by atoms with Crippen molar-refractivity contribution in [2.45, 2.75) is 12.8 Å². The Kier molecular flexibility index (Phi) is 5.87. The molecular weight excluding hydrogens is 268 g/mol. The number of carbonyl (C=O) groups excluding carboxylic acids is 1. The first-order valence-corrected chi connectivity index (χ1v) is 7.41. The van der Waals surface area contributed by atoms with Gasteiger partial charge in [0.15, 0.2) is 0 Å². The van der Waals surface area contributed by atoms with Gasteiger partial charge in [-0.05, 0) is 31.0 Å². The lowest BCUT2D eigenvalue weighted by atomic mass is 10.1. The summed E-state index contributed by atoms with van der Waals surface area (Å²) in [5.41, 5.74) is 0. The Balaban J connectivity index is 1.68. The number of likely N-dealkylation sites (tertiary alicyclic amines) is 1. The Morgan fingerprint density at radius 1 is 1.43 bits per heavy atom. The molecule has 1 amide bonds. The number of hydrogen-bond acceptors (Lipinski definition) is 4. The minimum atomic E-state index is 0.134. The second-order valence-corrected chi connectivity index (χ2v) is 5.36. The van der Waals surface area contributed by atoms with Crippen LogP contribution in [0.5, 0.6) is 11.5 Å². The zero-order valence-electron chi connectivity index (χ0n) is 12.8. The minimum Gasteiger partial charge on any atom is -0.497 e. The van der Waals surface area contributed by atoms with Crippen molar-refractivity contribution in [2.75, 3.05) is 40.4 Å². The van der Waals surface area contributed by atoms with Gasteiger partial charge in [0.1, 0.15) is 18.1 Å². The fourth-order valence-electron chi connectivity index (χ4n) is 2.63. The highest BCUT2D eigenvalue weighted by molar-refractivity contribution is 5.75. The van der Waals surface area contributed by atoms with E-state index in [0.29, 0.717) is 18.9 Å². The summed E-state index contributed by atoms with van der Waals surface area (Å²) in [6, 6.07) is 7.64. The van der Waals surface area contributed by atoms with Crippen molar-refractivity contribution in [2.24, 2.45) is 5.92 Å². The third kappa shape index (κ3) is 4.93. The largest absolute Gasteiger partial charge is 0.497 e. The summed E-state index contributed by atoms with van der Waals surface area (Å²) < 4.78 is 10.9. The molecule has 5 nitrogen and oxygen atoms in total. The fraction of sp³-hybridized carbons (Fsp3) is 0.562. The molecular formula is C16H24N2O3. The smallest absolute Gasteiger partial charge is 0.220 e. The fourth-order valence-corrected chi connectivity index (χ4v) is 2.63. The van der Waals surface area contributed by atoms with Gasteiger partial charge in [-0.2, -0.15) is 0 Å². The van der Waals surface area contributed by atoms with Crippen LogP contribution in [0, 0.1) is 5.92 Å². The van der Waals surface area contributed by atoms with Crippen molar-refractivity contribution in [3.05, 3.63) is 24.3 Å². The summed E-state index contributed by atoms with van der Waals surface area (Å²) in [7, 11) is 3.34. The molecule has 0 bridgehead atoms. The zero-order valence-corrected chi connectivity index (χ0v) is 12.8. The number of ether oxygens (including phenoxy) is 2. The summed E-state index contributed by atoms with van der Waals surface area (Å²) in [4.78, 5) is 13.7.